The molecule has 2 amide bonds. The normalized spacial score (nSPS) is 21.1. The Hall–Kier alpha value is -1.60. The van der Waals surface area contributed by atoms with E-state index in [9.17, 15) is 9.59 Å². The second kappa shape index (κ2) is 6.88. The number of ether oxygens (including phenoxy) is 1. The first-order valence-electron chi connectivity index (χ1n) is 8.15. The molecule has 2 aliphatic heterocycles. The van der Waals surface area contributed by atoms with Crippen LogP contribution in [-0.4, -0.2) is 60.6 Å². The summed E-state index contributed by atoms with van der Waals surface area (Å²) in [7, 11) is 0. The van der Waals surface area contributed by atoms with Gasteiger partial charge in [-0.2, -0.15) is 0 Å². The van der Waals surface area contributed by atoms with Crippen molar-refractivity contribution >= 4 is 28.3 Å². The molecule has 1 aromatic heterocycles. The van der Waals surface area contributed by atoms with Gasteiger partial charge in [0, 0.05) is 25.7 Å². The van der Waals surface area contributed by atoms with Gasteiger partial charge >= 0.3 is 12.0 Å². The van der Waals surface area contributed by atoms with Crippen LogP contribution in [0.15, 0.2) is 5.38 Å². The third kappa shape index (κ3) is 3.35. The van der Waals surface area contributed by atoms with Gasteiger partial charge in [-0.15, -0.1) is 11.3 Å². The van der Waals surface area contributed by atoms with Gasteiger partial charge in [-0.05, 0) is 44.2 Å². The van der Waals surface area contributed by atoms with Crippen molar-refractivity contribution in [1.82, 2.24) is 9.80 Å². The largest absolute Gasteiger partial charge is 0.462 e. The van der Waals surface area contributed by atoms with E-state index < -0.39 is 0 Å². The third-order valence-corrected chi connectivity index (χ3v) is 5.56. The van der Waals surface area contributed by atoms with Crippen LogP contribution in [0.5, 0.6) is 0 Å². The van der Waals surface area contributed by atoms with Gasteiger partial charge in [0.2, 0.25) is 0 Å². The summed E-state index contributed by atoms with van der Waals surface area (Å²) in [5.74, 6) is -0.373. The fourth-order valence-electron chi connectivity index (χ4n) is 3.34. The van der Waals surface area contributed by atoms with Gasteiger partial charge in [0.1, 0.15) is 5.00 Å². The summed E-state index contributed by atoms with van der Waals surface area (Å²) in [4.78, 5) is 28.9. The molecule has 0 bridgehead atoms. The lowest BCUT2D eigenvalue weighted by Crippen LogP contribution is -2.53. The van der Waals surface area contributed by atoms with E-state index in [1.54, 1.807) is 6.92 Å². The lowest BCUT2D eigenvalue weighted by Gasteiger charge is -2.37. The average molecular weight is 337 g/mol. The molecule has 0 saturated carbocycles. The number of anilines is 1. The van der Waals surface area contributed by atoms with Gasteiger partial charge in [-0.25, -0.2) is 9.59 Å². The predicted molar refractivity (Wildman–Crippen MR) is 90.2 cm³/mol. The number of esters is 1. The van der Waals surface area contributed by atoms with Crippen LogP contribution in [-0.2, 0) is 4.74 Å². The molecule has 0 aliphatic carbocycles. The summed E-state index contributed by atoms with van der Waals surface area (Å²) in [5, 5.41) is 5.36. The maximum Gasteiger partial charge on any atom is 0.341 e. The maximum atomic E-state index is 12.5. The minimum absolute atomic E-state index is 0.121. The van der Waals surface area contributed by atoms with Crippen LogP contribution in [0.25, 0.3) is 0 Å². The van der Waals surface area contributed by atoms with Crippen LogP contribution in [0.2, 0.25) is 0 Å². The van der Waals surface area contributed by atoms with E-state index in [-0.39, 0.29) is 12.0 Å². The highest BCUT2D eigenvalue weighted by Gasteiger charge is 2.33. The average Bonchev–Trinajstić information content (AvgIpc) is 3.13. The van der Waals surface area contributed by atoms with E-state index in [0.29, 0.717) is 23.2 Å². The van der Waals surface area contributed by atoms with Crippen molar-refractivity contribution in [2.75, 3.05) is 38.1 Å². The molecule has 3 rings (SSSR count). The van der Waals surface area contributed by atoms with Crippen molar-refractivity contribution in [2.24, 2.45) is 0 Å². The van der Waals surface area contributed by atoms with Crippen LogP contribution in [0, 0.1) is 6.92 Å². The molecular weight excluding hydrogens is 314 g/mol. The predicted octanol–water partition coefficient (Wildman–Crippen LogP) is 2.55. The second-order valence-corrected chi connectivity index (χ2v) is 6.93. The molecule has 1 atom stereocenters. The van der Waals surface area contributed by atoms with E-state index in [1.165, 1.54) is 17.8 Å². The number of hydrogen-bond acceptors (Lipinski definition) is 5. The number of amides is 2. The molecule has 2 saturated heterocycles. The molecule has 2 fully saturated rings. The Morgan fingerprint density at radius 1 is 1.39 bits per heavy atom. The van der Waals surface area contributed by atoms with Crippen molar-refractivity contribution in [2.45, 2.75) is 32.7 Å². The zero-order chi connectivity index (χ0) is 16.4. The van der Waals surface area contributed by atoms with E-state index in [1.807, 2.05) is 17.2 Å². The van der Waals surface area contributed by atoms with Crippen LogP contribution < -0.4 is 5.32 Å². The van der Waals surface area contributed by atoms with E-state index >= 15 is 0 Å². The molecule has 3 heterocycles. The Bertz CT molecular complexity index is 601. The van der Waals surface area contributed by atoms with Crippen molar-refractivity contribution in [3.8, 4) is 0 Å². The summed E-state index contributed by atoms with van der Waals surface area (Å²) in [5.41, 5.74) is 1.31. The van der Waals surface area contributed by atoms with Gasteiger partial charge in [0.25, 0.3) is 0 Å². The van der Waals surface area contributed by atoms with E-state index in [0.717, 1.165) is 38.2 Å². The summed E-state index contributed by atoms with van der Waals surface area (Å²) >= 11 is 1.37. The molecule has 0 radical (unpaired) electrons. The molecule has 0 spiro atoms. The van der Waals surface area contributed by atoms with Crippen molar-refractivity contribution in [1.29, 1.82) is 0 Å². The van der Waals surface area contributed by atoms with Gasteiger partial charge in [-0.3, -0.25) is 10.2 Å². The number of carbonyl (C=O) groups excluding carboxylic acids is 2. The number of carbonyl (C=O) groups is 2. The topological polar surface area (TPSA) is 61.9 Å². The number of nitrogens with one attached hydrogen (secondary N) is 1. The summed E-state index contributed by atoms with van der Waals surface area (Å²) < 4.78 is 5.09. The molecular formula is C16H23N3O3S. The Labute approximate surface area is 140 Å². The van der Waals surface area contributed by atoms with Crippen molar-refractivity contribution in [3.63, 3.8) is 0 Å². The fourth-order valence-corrected chi connectivity index (χ4v) is 4.27. The smallest absolute Gasteiger partial charge is 0.341 e. The molecule has 0 unspecified atom stereocenters. The first kappa shape index (κ1) is 16.3. The van der Waals surface area contributed by atoms with Gasteiger partial charge < -0.3 is 9.64 Å². The SMILES string of the molecule is CCOC(=O)c1c(C)csc1NC(=O)N1CCN2CCC[C@@H]2C1. The maximum absolute atomic E-state index is 12.5. The first-order chi connectivity index (χ1) is 11.1. The van der Waals surface area contributed by atoms with Crippen LogP contribution in [0.1, 0.15) is 35.7 Å². The summed E-state index contributed by atoms with van der Waals surface area (Å²) in [6.45, 7) is 7.55. The highest BCUT2D eigenvalue weighted by Crippen LogP contribution is 2.29. The number of aryl methyl sites for hydroxylation is 1. The van der Waals surface area contributed by atoms with Crippen LogP contribution >= 0.6 is 11.3 Å². The highest BCUT2D eigenvalue weighted by atomic mass is 32.1. The monoisotopic (exact) mass is 337 g/mol. The summed E-state index contributed by atoms with van der Waals surface area (Å²) in [6, 6.07) is 0.369. The van der Waals surface area contributed by atoms with Gasteiger partial charge in [0.15, 0.2) is 0 Å². The minimum atomic E-state index is -0.373. The molecule has 6 nitrogen and oxygen atoms in total. The molecule has 126 valence electrons. The Morgan fingerprint density at radius 3 is 3.00 bits per heavy atom. The van der Waals surface area contributed by atoms with Crippen molar-refractivity contribution in [3.05, 3.63) is 16.5 Å². The van der Waals surface area contributed by atoms with Crippen molar-refractivity contribution < 1.29 is 14.3 Å². The second-order valence-electron chi connectivity index (χ2n) is 6.05. The van der Waals surface area contributed by atoms with Crippen LogP contribution in [0.3, 0.4) is 0 Å². The number of thiophene rings is 1. The highest BCUT2D eigenvalue weighted by molar-refractivity contribution is 7.15. The van der Waals surface area contributed by atoms with E-state index in [2.05, 4.69) is 10.2 Å². The van der Waals surface area contributed by atoms with Crippen LogP contribution in [0.4, 0.5) is 9.80 Å². The van der Waals surface area contributed by atoms with Gasteiger partial charge in [0.05, 0.1) is 12.2 Å². The number of fused-ring (bicyclic) bond motifs is 1. The Kier molecular flexibility index (Phi) is 4.87. The number of piperazine rings is 1. The molecule has 23 heavy (non-hydrogen) atoms. The zero-order valence-corrected chi connectivity index (χ0v) is 14.4. The minimum Gasteiger partial charge on any atom is -0.462 e. The molecule has 1 aromatic rings. The van der Waals surface area contributed by atoms with Gasteiger partial charge in [-0.1, -0.05) is 0 Å². The number of nitrogens with zero attached hydrogens (tertiary/aromatic N) is 2. The Morgan fingerprint density at radius 2 is 2.22 bits per heavy atom. The molecule has 0 aromatic carbocycles. The Balaban J connectivity index is 1.67. The number of urea groups is 1. The molecule has 2 aliphatic rings. The zero-order valence-electron chi connectivity index (χ0n) is 13.6. The molecule has 7 heteroatoms. The molecule has 1 N–H and O–H groups in total. The number of rotatable bonds is 3. The lowest BCUT2D eigenvalue weighted by molar-refractivity contribution is 0.0527. The quantitative estimate of drug-likeness (QED) is 0.861. The summed E-state index contributed by atoms with van der Waals surface area (Å²) in [6.07, 6.45) is 2.38. The van der Waals surface area contributed by atoms with E-state index in [4.69, 9.17) is 4.74 Å². The lowest BCUT2D eigenvalue weighted by atomic mass is 10.1. The fraction of sp³-hybridized carbons (Fsp3) is 0.625. The third-order valence-electron chi connectivity index (χ3n) is 4.55. The number of hydrogen-bond donors (Lipinski definition) is 1. The standard InChI is InChI=1S/C16H23N3O3S/c1-3-22-15(20)13-11(2)10-23-14(13)17-16(21)19-8-7-18-6-4-5-12(18)9-19/h10,12H,3-9H2,1-2H3,(H,17,21)/t12-/m1/s1. The first-order valence-corrected chi connectivity index (χ1v) is 9.03.